The average molecular weight is 251 g/mol. The van der Waals surface area contributed by atoms with E-state index in [2.05, 4.69) is 11.4 Å². The first-order valence-electron chi connectivity index (χ1n) is 7.06. The number of ether oxygens (including phenoxy) is 1. The topological polar surface area (TPSA) is 34.4 Å². The highest BCUT2D eigenvalue weighted by molar-refractivity contribution is 5.23. The first-order chi connectivity index (χ1) is 8.70. The smallest absolute Gasteiger partial charge is 0.105 e. The van der Waals surface area contributed by atoms with Gasteiger partial charge in [-0.1, -0.05) is 0 Å². The van der Waals surface area contributed by atoms with Gasteiger partial charge in [0.2, 0.25) is 0 Å². The predicted molar refractivity (Wildman–Crippen MR) is 72.8 cm³/mol. The van der Waals surface area contributed by atoms with Crippen LogP contribution in [0.5, 0.6) is 0 Å². The first kappa shape index (κ1) is 13.6. The highest BCUT2D eigenvalue weighted by Crippen LogP contribution is 2.27. The lowest BCUT2D eigenvalue weighted by Gasteiger charge is -2.24. The molecular weight excluding hydrogens is 226 g/mol. The third kappa shape index (κ3) is 3.36. The molecule has 3 heteroatoms. The van der Waals surface area contributed by atoms with Crippen LogP contribution in [0.3, 0.4) is 0 Å². The van der Waals surface area contributed by atoms with Crippen molar-refractivity contribution in [2.24, 2.45) is 0 Å². The van der Waals surface area contributed by atoms with Gasteiger partial charge >= 0.3 is 0 Å². The Morgan fingerprint density at radius 2 is 2.22 bits per heavy atom. The Labute approximate surface area is 110 Å². The van der Waals surface area contributed by atoms with E-state index in [4.69, 9.17) is 9.15 Å². The molecular formula is C15H25NO2. The zero-order chi connectivity index (χ0) is 13.0. The summed E-state index contributed by atoms with van der Waals surface area (Å²) in [5.41, 5.74) is 1.30. The van der Waals surface area contributed by atoms with Crippen LogP contribution < -0.4 is 5.32 Å². The predicted octanol–water partition coefficient (Wildman–Crippen LogP) is 3.51. The molecule has 0 bridgehead atoms. The molecule has 1 aromatic heterocycles. The van der Waals surface area contributed by atoms with Crippen molar-refractivity contribution in [2.45, 2.75) is 58.1 Å². The van der Waals surface area contributed by atoms with Crippen LogP contribution in [-0.2, 0) is 4.74 Å². The summed E-state index contributed by atoms with van der Waals surface area (Å²) < 4.78 is 11.4. The molecule has 1 fully saturated rings. The number of nitrogens with one attached hydrogen (secondary N) is 1. The second-order valence-electron chi connectivity index (χ2n) is 5.28. The molecule has 2 heterocycles. The Balaban J connectivity index is 1.90. The number of hydrogen-bond acceptors (Lipinski definition) is 3. The van der Waals surface area contributed by atoms with Crippen molar-refractivity contribution in [1.29, 1.82) is 0 Å². The summed E-state index contributed by atoms with van der Waals surface area (Å²) in [6, 6.07) is 2.53. The molecule has 1 N–H and O–H groups in total. The van der Waals surface area contributed by atoms with Crippen LogP contribution in [0.15, 0.2) is 10.5 Å². The molecule has 3 nitrogen and oxygen atoms in total. The molecule has 102 valence electrons. The van der Waals surface area contributed by atoms with E-state index in [0.29, 0.717) is 12.1 Å². The Morgan fingerprint density at radius 3 is 2.78 bits per heavy atom. The maximum Gasteiger partial charge on any atom is 0.105 e. The summed E-state index contributed by atoms with van der Waals surface area (Å²) in [6.07, 6.45) is 6.48. The quantitative estimate of drug-likeness (QED) is 0.869. The van der Waals surface area contributed by atoms with Gasteiger partial charge in [-0.15, -0.1) is 0 Å². The zero-order valence-electron chi connectivity index (χ0n) is 11.8. The van der Waals surface area contributed by atoms with Crippen molar-refractivity contribution in [1.82, 2.24) is 5.32 Å². The van der Waals surface area contributed by atoms with Gasteiger partial charge in [-0.05, 0) is 59.1 Å². The largest absolute Gasteiger partial charge is 0.466 e. The molecule has 0 saturated carbocycles. The van der Waals surface area contributed by atoms with Gasteiger partial charge in [0, 0.05) is 18.2 Å². The maximum atomic E-state index is 5.79. The van der Waals surface area contributed by atoms with Crippen molar-refractivity contribution in [3.8, 4) is 0 Å². The van der Waals surface area contributed by atoms with E-state index in [-0.39, 0.29) is 0 Å². The van der Waals surface area contributed by atoms with Gasteiger partial charge in [0.25, 0.3) is 0 Å². The summed E-state index contributed by atoms with van der Waals surface area (Å²) in [4.78, 5) is 0. The van der Waals surface area contributed by atoms with E-state index in [9.17, 15) is 0 Å². The van der Waals surface area contributed by atoms with Gasteiger partial charge in [0.15, 0.2) is 0 Å². The van der Waals surface area contributed by atoms with E-state index in [0.717, 1.165) is 31.0 Å². The summed E-state index contributed by atoms with van der Waals surface area (Å²) in [6.45, 7) is 5.00. The standard InChI is InChI=1S/C15H25NO2/c1-11-10-14(12(2)18-11)15(16-3)8-7-13-6-4-5-9-17-13/h10,13,15-16H,4-9H2,1-3H3. The van der Waals surface area contributed by atoms with Crippen molar-refractivity contribution >= 4 is 0 Å². The summed E-state index contributed by atoms with van der Waals surface area (Å²) in [7, 11) is 2.02. The van der Waals surface area contributed by atoms with Gasteiger partial charge in [0.05, 0.1) is 6.10 Å². The molecule has 0 aromatic carbocycles. The average Bonchev–Trinajstić information content (AvgIpc) is 2.71. The third-order valence-corrected chi connectivity index (χ3v) is 3.85. The monoisotopic (exact) mass is 251 g/mol. The summed E-state index contributed by atoms with van der Waals surface area (Å²) >= 11 is 0. The van der Waals surface area contributed by atoms with Crippen LogP contribution in [0.25, 0.3) is 0 Å². The maximum absolute atomic E-state index is 5.79. The Morgan fingerprint density at radius 1 is 1.39 bits per heavy atom. The molecule has 0 radical (unpaired) electrons. The van der Waals surface area contributed by atoms with Crippen LogP contribution in [0.2, 0.25) is 0 Å². The highest BCUT2D eigenvalue weighted by Gasteiger charge is 2.19. The fourth-order valence-electron chi connectivity index (χ4n) is 2.84. The summed E-state index contributed by atoms with van der Waals surface area (Å²) in [5, 5.41) is 3.40. The molecule has 0 spiro atoms. The fourth-order valence-corrected chi connectivity index (χ4v) is 2.84. The molecule has 1 aliphatic heterocycles. The molecule has 2 rings (SSSR count). The fraction of sp³-hybridized carbons (Fsp3) is 0.733. The van der Waals surface area contributed by atoms with Crippen LogP contribution >= 0.6 is 0 Å². The van der Waals surface area contributed by atoms with E-state index < -0.39 is 0 Å². The minimum Gasteiger partial charge on any atom is -0.466 e. The van der Waals surface area contributed by atoms with Crippen LogP contribution in [0.4, 0.5) is 0 Å². The number of rotatable bonds is 5. The second-order valence-corrected chi connectivity index (χ2v) is 5.28. The molecule has 0 aliphatic carbocycles. The minimum absolute atomic E-state index is 0.382. The van der Waals surface area contributed by atoms with Crippen molar-refractivity contribution < 1.29 is 9.15 Å². The third-order valence-electron chi connectivity index (χ3n) is 3.85. The molecule has 0 amide bonds. The lowest BCUT2D eigenvalue weighted by Crippen LogP contribution is -2.23. The van der Waals surface area contributed by atoms with Crippen LogP contribution in [0, 0.1) is 13.8 Å². The lowest BCUT2D eigenvalue weighted by atomic mass is 9.97. The molecule has 2 atom stereocenters. The van der Waals surface area contributed by atoms with Gasteiger partial charge in [-0.2, -0.15) is 0 Å². The molecule has 18 heavy (non-hydrogen) atoms. The molecule has 2 unspecified atom stereocenters. The zero-order valence-corrected chi connectivity index (χ0v) is 11.8. The number of aryl methyl sites for hydroxylation is 2. The van der Waals surface area contributed by atoms with Crippen molar-refractivity contribution in [3.05, 3.63) is 23.2 Å². The van der Waals surface area contributed by atoms with E-state index in [1.165, 1.54) is 24.8 Å². The summed E-state index contributed by atoms with van der Waals surface area (Å²) in [5.74, 6) is 2.04. The SMILES string of the molecule is CNC(CCC1CCCCO1)c1cc(C)oc1C. The minimum atomic E-state index is 0.382. The van der Waals surface area contributed by atoms with Crippen LogP contribution in [0.1, 0.15) is 55.2 Å². The van der Waals surface area contributed by atoms with E-state index >= 15 is 0 Å². The normalized spacial score (nSPS) is 22.1. The highest BCUT2D eigenvalue weighted by atomic mass is 16.5. The van der Waals surface area contributed by atoms with Gasteiger partial charge < -0.3 is 14.5 Å². The van der Waals surface area contributed by atoms with Gasteiger partial charge in [0.1, 0.15) is 11.5 Å². The molecule has 1 aliphatic rings. The Hall–Kier alpha value is -0.800. The Bertz CT molecular complexity index is 367. The Kier molecular flexibility index (Phi) is 4.84. The lowest BCUT2D eigenvalue weighted by molar-refractivity contribution is 0.00864. The second kappa shape index (κ2) is 6.39. The molecule has 1 saturated heterocycles. The van der Waals surface area contributed by atoms with Crippen molar-refractivity contribution in [2.75, 3.05) is 13.7 Å². The van der Waals surface area contributed by atoms with E-state index in [1.807, 2.05) is 20.9 Å². The van der Waals surface area contributed by atoms with Gasteiger partial charge in [-0.3, -0.25) is 0 Å². The number of hydrogen-bond donors (Lipinski definition) is 1. The first-order valence-corrected chi connectivity index (χ1v) is 7.06. The van der Waals surface area contributed by atoms with E-state index in [1.54, 1.807) is 0 Å². The number of furan rings is 1. The van der Waals surface area contributed by atoms with Crippen molar-refractivity contribution in [3.63, 3.8) is 0 Å². The molecule has 1 aromatic rings. The van der Waals surface area contributed by atoms with Gasteiger partial charge in [-0.25, -0.2) is 0 Å². The van der Waals surface area contributed by atoms with Crippen LogP contribution in [-0.4, -0.2) is 19.8 Å².